The number of hydrogen-bond donors (Lipinski definition) is 2. The molecule has 8 nitrogen and oxygen atoms in total. The molecular weight excluding hydrogens is 428 g/mol. The van der Waals surface area contributed by atoms with Crippen LogP contribution in [0.2, 0.25) is 5.02 Å². The van der Waals surface area contributed by atoms with Crippen molar-refractivity contribution in [1.82, 2.24) is 25.1 Å². The number of carbonyl (C=O) groups is 1. The highest BCUT2D eigenvalue weighted by molar-refractivity contribution is 6.33. The first-order valence-corrected chi connectivity index (χ1v) is 10.2. The minimum Gasteiger partial charge on any atom is -0.455 e. The van der Waals surface area contributed by atoms with E-state index in [4.69, 9.17) is 20.8 Å². The Balaban J connectivity index is 0.000000913. The lowest BCUT2D eigenvalue weighted by molar-refractivity contribution is -0.106. The van der Waals surface area contributed by atoms with E-state index in [0.29, 0.717) is 16.6 Å². The van der Waals surface area contributed by atoms with Crippen LogP contribution in [0.25, 0.3) is 34.0 Å². The van der Waals surface area contributed by atoms with Gasteiger partial charge in [-0.15, -0.1) is 0 Å². The van der Waals surface area contributed by atoms with Crippen molar-refractivity contribution >= 4 is 18.0 Å². The van der Waals surface area contributed by atoms with E-state index in [1.165, 1.54) is 6.33 Å². The number of rotatable bonds is 5. The van der Waals surface area contributed by atoms with E-state index >= 15 is 0 Å². The predicted molar refractivity (Wildman–Crippen MR) is 125 cm³/mol. The van der Waals surface area contributed by atoms with Crippen molar-refractivity contribution in [2.24, 2.45) is 5.73 Å². The van der Waals surface area contributed by atoms with Gasteiger partial charge in [-0.25, -0.2) is 4.98 Å². The molecule has 0 saturated carbocycles. The van der Waals surface area contributed by atoms with Gasteiger partial charge in [0.1, 0.15) is 17.8 Å². The van der Waals surface area contributed by atoms with E-state index in [2.05, 4.69) is 36.9 Å². The van der Waals surface area contributed by atoms with Gasteiger partial charge in [-0.2, -0.15) is 5.10 Å². The number of furan rings is 1. The summed E-state index contributed by atoms with van der Waals surface area (Å²) in [5.41, 5.74) is 9.91. The minimum atomic E-state index is 0.250. The summed E-state index contributed by atoms with van der Waals surface area (Å²) in [4.78, 5) is 19.4. The number of pyridine rings is 1. The number of nitrogens with one attached hydrogen (secondary N) is 1. The Morgan fingerprint density at radius 3 is 2.53 bits per heavy atom. The largest absolute Gasteiger partial charge is 0.455 e. The molecule has 3 N–H and O–H groups in total. The third-order valence-electron chi connectivity index (χ3n) is 4.68. The molecule has 0 aliphatic carbocycles. The molecule has 3 aromatic heterocycles. The summed E-state index contributed by atoms with van der Waals surface area (Å²) in [5.74, 6) is 2.03. The van der Waals surface area contributed by atoms with Crippen molar-refractivity contribution in [3.63, 3.8) is 0 Å². The van der Waals surface area contributed by atoms with Gasteiger partial charge in [0, 0.05) is 29.6 Å². The third-order valence-corrected chi connectivity index (χ3v) is 5.01. The van der Waals surface area contributed by atoms with Crippen LogP contribution in [-0.2, 0) is 11.3 Å². The maximum absolute atomic E-state index is 8.58. The maximum Gasteiger partial charge on any atom is 0.204 e. The van der Waals surface area contributed by atoms with Crippen molar-refractivity contribution in [1.29, 1.82) is 0 Å². The van der Waals surface area contributed by atoms with Gasteiger partial charge in [0.2, 0.25) is 6.41 Å². The van der Waals surface area contributed by atoms with Gasteiger partial charge in [-0.3, -0.25) is 14.9 Å². The van der Waals surface area contributed by atoms with Crippen LogP contribution in [0.1, 0.15) is 16.8 Å². The second kappa shape index (κ2) is 10.2. The van der Waals surface area contributed by atoms with E-state index in [0.717, 1.165) is 45.8 Å². The second-order valence-electron chi connectivity index (χ2n) is 7.52. The lowest BCUT2D eigenvalue weighted by Crippen LogP contribution is -2.10. The summed E-state index contributed by atoms with van der Waals surface area (Å²) in [6.07, 6.45) is 3.59. The number of amides is 1. The van der Waals surface area contributed by atoms with Crippen molar-refractivity contribution < 1.29 is 9.21 Å². The highest BCUT2D eigenvalue weighted by Gasteiger charge is 2.21. The number of H-pyrrole nitrogens is 1. The SMILES string of the molecule is Cc1cc(-c2cc(-c3ncn[nH]3)c(-c3cc(CN(C)C)ccc3Cl)o2)c(C)cn1.NC=O. The van der Waals surface area contributed by atoms with Crippen LogP contribution in [0.3, 0.4) is 0 Å². The number of nitrogens with zero attached hydrogens (tertiary/aromatic N) is 4. The smallest absolute Gasteiger partial charge is 0.204 e. The Labute approximate surface area is 191 Å². The molecule has 4 aromatic rings. The number of nitrogens with two attached hydrogens (primary N) is 1. The molecule has 0 atom stereocenters. The fourth-order valence-corrected chi connectivity index (χ4v) is 3.54. The molecule has 9 heteroatoms. The monoisotopic (exact) mass is 452 g/mol. The third kappa shape index (κ3) is 5.22. The number of benzene rings is 1. The molecule has 0 bridgehead atoms. The van der Waals surface area contributed by atoms with E-state index in [1.54, 1.807) is 0 Å². The van der Waals surface area contributed by atoms with Crippen LogP contribution in [0.15, 0.2) is 47.3 Å². The Bertz CT molecular complexity index is 1200. The summed E-state index contributed by atoms with van der Waals surface area (Å²) < 4.78 is 6.37. The zero-order valence-electron chi connectivity index (χ0n) is 18.4. The molecule has 0 fully saturated rings. The molecule has 166 valence electrons. The van der Waals surface area contributed by atoms with Crippen molar-refractivity contribution in [3.05, 3.63) is 64.7 Å². The normalized spacial score (nSPS) is 10.7. The summed E-state index contributed by atoms with van der Waals surface area (Å²) in [6.45, 7) is 4.78. The van der Waals surface area contributed by atoms with Crippen LogP contribution in [0, 0.1) is 13.8 Å². The number of carbonyl (C=O) groups excluding carboxylic acids is 1. The van der Waals surface area contributed by atoms with Crippen LogP contribution in [0.4, 0.5) is 0 Å². The van der Waals surface area contributed by atoms with Gasteiger partial charge in [-0.05, 0) is 63.3 Å². The van der Waals surface area contributed by atoms with Crippen LogP contribution in [0.5, 0.6) is 0 Å². The Kier molecular flexibility index (Phi) is 7.40. The number of aromatic nitrogens is 4. The van der Waals surface area contributed by atoms with Crippen LogP contribution < -0.4 is 5.73 Å². The molecule has 4 rings (SSSR count). The lowest BCUT2D eigenvalue weighted by atomic mass is 10.0. The average molecular weight is 453 g/mol. The lowest BCUT2D eigenvalue weighted by Gasteiger charge is -2.12. The van der Waals surface area contributed by atoms with E-state index in [9.17, 15) is 0 Å². The number of primary amides is 1. The topological polar surface area (TPSA) is 114 Å². The summed E-state index contributed by atoms with van der Waals surface area (Å²) >= 11 is 6.58. The number of aromatic amines is 1. The van der Waals surface area contributed by atoms with Crippen LogP contribution in [-0.4, -0.2) is 45.6 Å². The first-order valence-electron chi connectivity index (χ1n) is 9.86. The summed E-state index contributed by atoms with van der Waals surface area (Å²) in [7, 11) is 4.07. The molecule has 0 aliphatic heterocycles. The molecule has 1 aromatic carbocycles. The predicted octanol–water partition coefficient (Wildman–Crippen LogP) is 4.23. The molecule has 0 aliphatic rings. The Morgan fingerprint density at radius 1 is 1.12 bits per heavy atom. The quantitative estimate of drug-likeness (QED) is 0.438. The molecule has 0 spiro atoms. The summed E-state index contributed by atoms with van der Waals surface area (Å²) in [6, 6.07) is 10.00. The fourth-order valence-electron chi connectivity index (χ4n) is 3.34. The van der Waals surface area contributed by atoms with Crippen molar-refractivity contribution in [3.8, 4) is 34.0 Å². The first-order chi connectivity index (χ1) is 15.3. The zero-order valence-corrected chi connectivity index (χ0v) is 19.1. The Morgan fingerprint density at radius 2 is 1.88 bits per heavy atom. The zero-order chi connectivity index (χ0) is 23.3. The van der Waals surface area contributed by atoms with Gasteiger partial charge in [0.15, 0.2) is 5.82 Å². The molecule has 32 heavy (non-hydrogen) atoms. The molecule has 0 saturated heterocycles. The van der Waals surface area contributed by atoms with E-state index in [-0.39, 0.29) is 6.41 Å². The number of hydrogen-bond acceptors (Lipinski definition) is 6. The maximum atomic E-state index is 8.58. The summed E-state index contributed by atoms with van der Waals surface area (Å²) in [5, 5.41) is 7.56. The van der Waals surface area contributed by atoms with Gasteiger partial charge in [-0.1, -0.05) is 17.7 Å². The van der Waals surface area contributed by atoms with Gasteiger partial charge in [0.05, 0.1) is 10.6 Å². The van der Waals surface area contributed by atoms with Crippen LogP contribution >= 0.6 is 11.6 Å². The highest BCUT2D eigenvalue weighted by Crippen LogP contribution is 2.41. The highest BCUT2D eigenvalue weighted by atomic mass is 35.5. The van der Waals surface area contributed by atoms with Gasteiger partial charge >= 0.3 is 0 Å². The molecule has 0 unspecified atom stereocenters. The number of halogens is 1. The van der Waals surface area contributed by atoms with Crippen molar-refractivity contribution in [2.75, 3.05) is 14.1 Å². The second-order valence-corrected chi connectivity index (χ2v) is 7.92. The fraction of sp³-hybridized carbons (Fsp3) is 0.217. The molecular formula is C23H25ClN6O2. The first kappa shape index (κ1) is 23.2. The Hall–Kier alpha value is -3.49. The van der Waals surface area contributed by atoms with E-state index < -0.39 is 0 Å². The minimum absolute atomic E-state index is 0.250. The molecule has 1 amide bonds. The van der Waals surface area contributed by atoms with Crippen molar-refractivity contribution in [2.45, 2.75) is 20.4 Å². The van der Waals surface area contributed by atoms with Gasteiger partial charge < -0.3 is 15.1 Å². The molecule has 3 heterocycles. The van der Waals surface area contributed by atoms with Gasteiger partial charge in [0.25, 0.3) is 0 Å². The standard InChI is InChI=1S/C22H22ClN5O.CH3NO/c1-13-10-24-14(2)7-16(13)20-9-18(22-25-12-26-27-22)21(29-20)17-8-15(11-28(3)4)5-6-19(17)23;2-1-3/h5-10,12H,11H2,1-4H3,(H,25,26,27);1H,(H2,2,3). The van der Waals surface area contributed by atoms with E-state index in [1.807, 2.05) is 58.4 Å². The average Bonchev–Trinajstić information content (AvgIpc) is 3.41. The number of aryl methyl sites for hydroxylation is 2. The molecule has 0 radical (unpaired) electrons.